The number of nitrogens with zero attached hydrogens (tertiary/aromatic N) is 4. The van der Waals surface area contributed by atoms with E-state index >= 15 is 0 Å². The van der Waals surface area contributed by atoms with Crippen LogP contribution >= 0.6 is 0 Å². The van der Waals surface area contributed by atoms with Crippen molar-refractivity contribution in [2.75, 3.05) is 5.32 Å². The zero-order valence-electron chi connectivity index (χ0n) is 13.0. The summed E-state index contributed by atoms with van der Waals surface area (Å²) in [6, 6.07) is 0.488. The Kier molecular flexibility index (Phi) is 3.66. The molecule has 2 aromatic heterocycles. The maximum Gasteiger partial charge on any atom is 0.159 e. The van der Waals surface area contributed by atoms with Gasteiger partial charge >= 0.3 is 0 Å². The van der Waals surface area contributed by atoms with Gasteiger partial charge in [0.1, 0.15) is 11.6 Å². The minimum absolute atomic E-state index is 0.419. The Morgan fingerprint density at radius 2 is 2.19 bits per heavy atom. The van der Waals surface area contributed by atoms with Crippen LogP contribution < -0.4 is 5.32 Å². The van der Waals surface area contributed by atoms with Crippen LogP contribution in [0, 0.1) is 12.3 Å². The second kappa shape index (κ2) is 5.47. The second-order valence-corrected chi connectivity index (χ2v) is 6.71. The SMILES string of the molecule is Cc1nccn1-c1cncc(NC2CCCC(C)(C)C2)n1. The number of imidazole rings is 1. The summed E-state index contributed by atoms with van der Waals surface area (Å²) in [5.74, 6) is 2.58. The van der Waals surface area contributed by atoms with E-state index in [1.54, 1.807) is 18.6 Å². The molecule has 2 aromatic rings. The summed E-state index contributed by atoms with van der Waals surface area (Å²) in [7, 11) is 0. The van der Waals surface area contributed by atoms with E-state index < -0.39 is 0 Å². The lowest BCUT2D eigenvalue weighted by atomic mass is 9.75. The molecule has 0 spiro atoms. The average Bonchev–Trinajstić information content (AvgIpc) is 2.84. The Labute approximate surface area is 125 Å². The van der Waals surface area contributed by atoms with Crippen LogP contribution in [0.15, 0.2) is 24.8 Å². The van der Waals surface area contributed by atoms with Gasteiger partial charge in [0.05, 0.1) is 12.4 Å². The molecule has 1 unspecified atom stereocenters. The fourth-order valence-electron chi connectivity index (χ4n) is 3.19. The minimum Gasteiger partial charge on any atom is -0.366 e. The van der Waals surface area contributed by atoms with Crippen LogP contribution in [0.4, 0.5) is 5.82 Å². The van der Waals surface area contributed by atoms with Crippen LogP contribution in [0.1, 0.15) is 45.4 Å². The summed E-state index contributed by atoms with van der Waals surface area (Å²) in [5, 5.41) is 3.55. The molecule has 1 aliphatic rings. The molecule has 5 heteroatoms. The fourth-order valence-corrected chi connectivity index (χ4v) is 3.19. The topological polar surface area (TPSA) is 55.6 Å². The Hall–Kier alpha value is -1.91. The van der Waals surface area contributed by atoms with E-state index in [9.17, 15) is 0 Å². The summed E-state index contributed by atoms with van der Waals surface area (Å²) in [6.45, 7) is 6.65. The summed E-state index contributed by atoms with van der Waals surface area (Å²) in [4.78, 5) is 13.2. The van der Waals surface area contributed by atoms with Crippen molar-refractivity contribution in [3.63, 3.8) is 0 Å². The molecule has 1 fully saturated rings. The molecule has 0 amide bonds. The van der Waals surface area contributed by atoms with Crippen molar-refractivity contribution >= 4 is 5.82 Å². The maximum absolute atomic E-state index is 4.67. The van der Waals surface area contributed by atoms with Crippen LogP contribution in [0.3, 0.4) is 0 Å². The molecule has 1 aliphatic carbocycles. The molecule has 1 N–H and O–H groups in total. The fraction of sp³-hybridized carbons (Fsp3) is 0.562. The zero-order chi connectivity index (χ0) is 14.9. The standard InChI is InChI=1S/C16H23N5/c1-12-18-7-8-21(12)15-11-17-10-14(20-15)19-13-5-4-6-16(2,3)9-13/h7-8,10-11,13H,4-6,9H2,1-3H3,(H,19,20). The van der Waals surface area contributed by atoms with Gasteiger partial charge in [0, 0.05) is 18.4 Å². The second-order valence-electron chi connectivity index (χ2n) is 6.71. The van der Waals surface area contributed by atoms with Crippen molar-refractivity contribution in [3.05, 3.63) is 30.6 Å². The van der Waals surface area contributed by atoms with Crippen LogP contribution in [0.25, 0.3) is 5.82 Å². The Morgan fingerprint density at radius 3 is 2.90 bits per heavy atom. The van der Waals surface area contributed by atoms with Crippen molar-refractivity contribution in [1.29, 1.82) is 0 Å². The van der Waals surface area contributed by atoms with E-state index in [0.717, 1.165) is 17.5 Å². The number of aromatic nitrogens is 4. The third-order valence-electron chi connectivity index (χ3n) is 4.25. The van der Waals surface area contributed by atoms with Crippen molar-refractivity contribution in [2.24, 2.45) is 5.41 Å². The van der Waals surface area contributed by atoms with Gasteiger partial charge in [0.2, 0.25) is 0 Å². The Morgan fingerprint density at radius 1 is 1.33 bits per heavy atom. The Bertz CT molecular complexity index is 617. The van der Waals surface area contributed by atoms with E-state index in [0.29, 0.717) is 11.5 Å². The summed E-state index contributed by atoms with van der Waals surface area (Å²) < 4.78 is 1.95. The molecule has 21 heavy (non-hydrogen) atoms. The average molecular weight is 285 g/mol. The molecule has 0 aromatic carbocycles. The van der Waals surface area contributed by atoms with E-state index in [1.807, 2.05) is 17.7 Å². The maximum atomic E-state index is 4.67. The normalized spacial score (nSPS) is 21.2. The quantitative estimate of drug-likeness (QED) is 0.939. The van der Waals surface area contributed by atoms with Gasteiger partial charge < -0.3 is 5.32 Å². The molecular formula is C16H23N5. The molecule has 1 atom stereocenters. The molecule has 2 heterocycles. The zero-order valence-corrected chi connectivity index (χ0v) is 13.0. The summed E-state index contributed by atoms with van der Waals surface area (Å²) in [5.41, 5.74) is 0.419. The van der Waals surface area contributed by atoms with Crippen LogP contribution in [-0.2, 0) is 0 Å². The van der Waals surface area contributed by atoms with Crippen LogP contribution in [0.5, 0.6) is 0 Å². The highest BCUT2D eigenvalue weighted by Gasteiger charge is 2.28. The van der Waals surface area contributed by atoms with Gasteiger partial charge in [-0.25, -0.2) is 9.97 Å². The first-order valence-electron chi connectivity index (χ1n) is 7.62. The van der Waals surface area contributed by atoms with Crippen LogP contribution in [0.2, 0.25) is 0 Å². The van der Waals surface area contributed by atoms with Crippen molar-refractivity contribution in [2.45, 2.75) is 52.5 Å². The first kappa shape index (κ1) is 14.0. The lowest BCUT2D eigenvalue weighted by molar-refractivity contribution is 0.229. The highest BCUT2D eigenvalue weighted by molar-refractivity contribution is 5.37. The van der Waals surface area contributed by atoms with Crippen molar-refractivity contribution in [1.82, 2.24) is 19.5 Å². The number of anilines is 1. The van der Waals surface area contributed by atoms with E-state index in [-0.39, 0.29) is 0 Å². The van der Waals surface area contributed by atoms with Gasteiger partial charge in [0.15, 0.2) is 5.82 Å². The smallest absolute Gasteiger partial charge is 0.159 e. The van der Waals surface area contributed by atoms with Gasteiger partial charge in [-0.05, 0) is 31.6 Å². The predicted molar refractivity (Wildman–Crippen MR) is 83.6 cm³/mol. The summed E-state index contributed by atoms with van der Waals surface area (Å²) in [6.07, 6.45) is 12.2. The van der Waals surface area contributed by atoms with Gasteiger partial charge in [-0.3, -0.25) is 9.55 Å². The number of aryl methyl sites for hydroxylation is 1. The lowest BCUT2D eigenvalue weighted by Gasteiger charge is -2.35. The van der Waals surface area contributed by atoms with Crippen LogP contribution in [-0.4, -0.2) is 25.6 Å². The third kappa shape index (κ3) is 3.23. The third-order valence-corrected chi connectivity index (χ3v) is 4.25. The van der Waals surface area contributed by atoms with E-state index in [4.69, 9.17) is 0 Å². The molecule has 0 radical (unpaired) electrons. The van der Waals surface area contributed by atoms with E-state index in [1.165, 1.54) is 25.7 Å². The molecule has 0 saturated heterocycles. The molecule has 0 aliphatic heterocycles. The molecular weight excluding hydrogens is 262 g/mol. The van der Waals surface area contributed by atoms with Gasteiger partial charge in [0.25, 0.3) is 0 Å². The predicted octanol–water partition coefficient (Wildman–Crippen LogP) is 3.35. The highest BCUT2D eigenvalue weighted by atomic mass is 15.2. The molecule has 5 nitrogen and oxygen atoms in total. The van der Waals surface area contributed by atoms with Gasteiger partial charge in [-0.1, -0.05) is 20.3 Å². The monoisotopic (exact) mass is 285 g/mol. The minimum atomic E-state index is 0.419. The first-order valence-corrected chi connectivity index (χ1v) is 7.62. The van der Waals surface area contributed by atoms with Crippen molar-refractivity contribution in [3.8, 4) is 5.82 Å². The number of hydrogen-bond acceptors (Lipinski definition) is 4. The summed E-state index contributed by atoms with van der Waals surface area (Å²) >= 11 is 0. The Balaban J connectivity index is 1.76. The molecule has 1 saturated carbocycles. The molecule has 112 valence electrons. The number of rotatable bonds is 3. The number of nitrogens with one attached hydrogen (secondary N) is 1. The molecule has 3 rings (SSSR count). The number of hydrogen-bond donors (Lipinski definition) is 1. The van der Waals surface area contributed by atoms with Gasteiger partial charge in [-0.15, -0.1) is 0 Å². The van der Waals surface area contributed by atoms with Gasteiger partial charge in [-0.2, -0.15) is 0 Å². The first-order chi connectivity index (χ1) is 10.0. The largest absolute Gasteiger partial charge is 0.366 e. The molecule has 0 bridgehead atoms. The highest BCUT2D eigenvalue weighted by Crippen LogP contribution is 2.36. The van der Waals surface area contributed by atoms with Crippen molar-refractivity contribution < 1.29 is 0 Å². The lowest BCUT2D eigenvalue weighted by Crippen LogP contribution is -2.32. The van der Waals surface area contributed by atoms with E-state index in [2.05, 4.69) is 34.1 Å².